The van der Waals surface area contributed by atoms with Gasteiger partial charge in [-0.25, -0.2) is 0 Å². The Morgan fingerprint density at radius 3 is 1.59 bits per heavy atom. The second-order valence-corrected chi connectivity index (χ2v) is 8.41. The van der Waals surface area contributed by atoms with E-state index >= 15 is 0 Å². The molecule has 0 bridgehead atoms. The van der Waals surface area contributed by atoms with E-state index in [-0.39, 0.29) is 11.8 Å². The number of unbranched alkanes of at least 4 members (excludes halogenated alkanes) is 5. The summed E-state index contributed by atoms with van der Waals surface area (Å²) in [7, 11) is 0. The van der Waals surface area contributed by atoms with Crippen LogP contribution < -0.4 is 0 Å². The highest BCUT2D eigenvalue weighted by atomic mass is 16.2. The van der Waals surface area contributed by atoms with Gasteiger partial charge in [0, 0.05) is 6.54 Å². The van der Waals surface area contributed by atoms with Crippen LogP contribution in [0.1, 0.15) is 77.3 Å². The zero-order chi connectivity index (χ0) is 20.5. The van der Waals surface area contributed by atoms with Gasteiger partial charge in [0.15, 0.2) is 0 Å². The van der Waals surface area contributed by atoms with Crippen molar-refractivity contribution < 1.29 is 9.59 Å². The maximum atomic E-state index is 12.9. The largest absolute Gasteiger partial charge is 0.274 e. The Hall–Kier alpha value is -2.68. The Labute approximate surface area is 172 Å². The van der Waals surface area contributed by atoms with Crippen LogP contribution in [0.25, 0.3) is 21.5 Å². The number of carbonyl (C=O) groups is 2. The topological polar surface area (TPSA) is 37.4 Å². The molecular formula is C26H29NO2. The van der Waals surface area contributed by atoms with Crippen LogP contribution in [0.15, 0.2) is 36.4 Å². The summed E-state index contributed by atoms with van der Waals surface area (Å²) in [6.07, 6.45) is 6.84. The molecule has 0 aliphatic carbocycles. The van der Waals surface area contributed by atoms with Crippen LogP contribution in [0, 0.1) is 13.8 Å². The SMILES string of the molecule is CCCCCCCCN1C(=O)c2cc3cc4cc(C)c(C)cc4cc3cc2C1=O. The summed E-state index contributed by atoms with van der Waals surface area (Å²) in [6, 6.07) is 12.4. The number of amides is 2. The second kappa shape index (κ2) is 7.98. The Balaban J connectivity index is 1.60. The molecule has 3 heteroatoms. The van der Waals surface area contributed by atoms with E-state index in [4.69, 9.17) is 0 Å². The van der Waals surface area contributed by atoms with Gasteiger partial charge in [-0.3, -0.25) is 14.5 Å². The number of hydrogen-bond acceptors (Lipinski definition) is 2. The van der Waals surface area contributed by atoms with Gasteiger partial charge in [0.05, 0.1) is 11.1 Å². The molecule has 150 valence electrons. The number of rotatable bonds is 7. The molecule has 0 aromatic heterocycles. The molecule has 1 aliphatic heterocycles. The smallest absolute Gasteiger partial charge is 0.261 e. The van der Waals surface area contributed by atoms with Crippen molar-refractivity contribution in [2.45, 2.75) is 59.3 Å². The summed E-state index contributed by atoms with van der Waals surface area (Å²) in [5.74, 6) is -0.277. The van der Waals surface area contributed by atoms with Crippen LogP contribution in [0.3, 0.4) is 0 Å². The molecule has 0 N–H and O–H groups in total. The number of hydrogen-bond donors (Lipinski definition) is 0. The van der Waals surface area contributed by atoms with E-state index in [0.29, 0.717) is 17.7 Å². The summed E-state index contributed by atoms with van der Waals surface area (Å²) < 4.78 is 0. The Kier molecular flexibility index (Phi) is 5.40. The van der Waals surface area contributed by atoms with E-state index in [1.54, 1.807) is 0 Å². The quantitative estimate of drug-likeness (QED) is 0.261. The van der Waals surface area contributed by atoms with Gasteiger partial charge in [0.25, 0.3) is 11.8 Å². The molecule has 1 aliphatic rings. The fourth-order valence-corrected chi connectivity index (χ4v) is 4.32. The first-order valence-corrected chi connectivity index (χ1v) is 10.8. The van der Waals surface area contributed by atoms with Crippen LogP contribution in [0.2, 0.25) is 0 Å². The monoisotopic (exact) mass is 387 g/mol. The first-order valence-electron chi connectivity index (χ1n) is 10.8. The zero-order valence-corrected chi connectivity index (χ0v) is 17.7. The minimum absolute atomic E-state index is 0.138. The lowest BCUT2D eigenvalue weighted by atomic mass is 9.96. The minimum Gasteiger partial charge on any atom is -0.274 e. The predicted molar refractivity (Wildman–Crippen MR) is 120 cm³/mol. The fourth-order valence-electron chi connectivity index (χ4n) is 4.32. The lowest BCUT2D eigenvalue weighted by Crippen LogP contribution is -2.30. The molecule has 0 saturated heterocycles. The van der Waals surface area contributed by atoms with Crippen molar-refractivity contribution in [2.24, 2.45) is 0 Å². The van der Waals surface area contributed by atoms with Crippen molar-refractivity contribution in [1.82, 2.24) is 4.90 Å². The van der Waals surface area contributed by atoms with Gasteiger partial charge < -0.3 is 0 Å². The highest BCUT2D eigenvalue weighted by Gasteiger charge is 2.35. The van der Waals surface area contributed by atoms with Gasteiger partial charge in [-0.05, 0) is 77.2 Å². The molecule has 3 aromatic carbocycles. The van der Waals surface area contributed by atoms with Crippen LogP contribution >= 0.6 is 0 Å². The van der Waals surface area contributed by atoms with Gasteiger partial charge in [0.2, 0.25) is 0 Å². The highest BCUT2D eigenvalue weighted by molar-refractivity contribution is 6.23. The van der Waals surface area contributed by atoms with Gasteiger partial charge in [-0.2, -0.15) is 0 Å². The van der Waals surface area contributed by atoms with Crippen molar-refractivity contribution >= 4 is 33.4 Å². The number of aryl methyl sites for hydroxylation is 2. The zero-order valence-electron chi connectivity index (χ0n) is 17.7. The van der Waals surface area contributed by atoms with Crippen molar-refractivity contribution in [3.8, 4) is 0 Å². The van der Waals surface area contributed by atoms with Crippen LogP contribution in [0.4, 0.5) is 0 Å². The normalized spacial score (nSPS) is 13.7. The fraction of sp³-hybridized carbons (Fsp3) is 0.385. The average Bonchev–Trinajstić information content (AvgIpc) is 2.92. The molecule has 0 spiro atoms. The molecule has 3 aromatic rings. The van der Waals surface area contributed by atoms with Crippen molar-refractivity contribution in [3.05, 3.63) is 58.7 Å². The van der Waals surface area contributed by atoms with Gasteiger partial charge >= 0.3 is 0 Å². The molecule has 3 nitrogen and oxygen atoms in total. The average molecular weight is 388 g/mol. The number of benzene rings is 3. The van der Waals surface area contributed by atoms with Crippen molar-refractivity contribution in [3.63, 3.8) is 0 Å². The van der Waals surface area contributed by atoms with E-state index in [9.17, 15) is 9.59 Å². The Morgan fingerprint density at radius 2 is 1.07 bits per heavy atom. The second-order valence-electron chi connectivity index (χ2n) is 8.41. The molecule has 0 unspecified atom stereocenters. The van der Waals surface area contributed by atoms with Gasteiger partial charge in [0.1, 0.15) is 0 Å². The molecule has 4 rings (SSSR count). The highest BCUT2D eigenvalue weighted by Crippen LogP contribution is 2.31. The standard InChI is InChI=1S/C26H29NO2/c1-4-5-6-7-8-9-10-27-25(28)23-15-21-13-19-11-17(2)18(3)12-20(19)14-22(21)16-24(23)26(27)29/h11-16H,4-10H2,1-3H3. The van der Waals surface area contributed by atoms with E-state index < -0.39 is 0 Å². The summed E-state index contributed by atoms with van der Waals surface area (Å²) >= 11 is 0. The maximum Gasteiger partial charge on any atom is 0.261 e. The van der Waals surface area contributed by atoms with E-state index in [2.05, 4.69) is 45.0 Å². The number of fused-ring (bicyclic) bond motifs is 3. The minimum atomic E-state index is -0.138. The molecule has 0 saturated carbocycles. The third kappa shape index (κ3) is 3.66. The third-order valence-corrected chi connectivity index (χ3v) is 6.23. The molecule has 0 radical (unpaired) electrons. The van der Waals surface area contributed by atoms with E-state index in [1.165, 1.54) is 52.5 Å². The lowest BCUT2D eigenvalue weighted by Gasteiger charge is -2.13. The van der Waals surface area contributed by atoms with Crippen LogP contribution in [-0.2, 0) is 0 Å². The molecule has 1 heterocycles. The summed E-state index contributed by atoms with van der Waals surface area (Å²) in [5, 5.41) is 4.37. The van der Waals surface area contributed by atoms with Crippen LogP contribution in [0.5, 0.6) is 0 Å². The molecular weight excluding hydrogens is 358 g/mol. The van der Waals surface area contributed by atoms with Gasteiger partial charge in [-0.15, -0.1) is 0 Å². The third-order valence-electron chi connectivity index (χ3n) is 6.23. The summed E-state index contributed by atoms with van der Waals surface area (Å²) in [5.41, 5.74) is 3.62. The molecule has 0 atom stereocenters. The maximum absolute atomic E-state index is 12.9. The number of imide groups is 1. The first-order chi connectivity index (χ1) is 14.0. The molecule has 2 amide bonds. The molecule has 29 heavy (non-hydrogen) atoms. The van der Waals surface area contributed by atoms with E-state index in [0.717, 1.165) is 23.6 Å². The summed E-state index contributed by atoms with van der Waals surface area (Å²) in [4.78, 5) is 27.2. The van der Waals surface area contributed by atoms with Crippen molar-refractivity contribution in [2.75, 3.05) is 6.54 Å². The number of nitrogens with zero attached hydrogens (tertiary/aromatic N) is 1. The summed E-state index contributed by atoms with van der Waals surface area (Å²) in [6.45, 7) is 6.96. The van der Waals surface area contributed by atoms with Gasteiger partial charge in [-0.1, -0.05) is 51.2 Å². The lowest BCUT2D eigenvalue weighted by molar-refractivity contribution is 0.0651. The van der Waals surface area contributed by atoms with Crippen molar-refractivity contribution in [1.29, 1.82) is 0 Å². The van der Waals surface area contributed by atoms with Crippen LogP contribution in [-0.4, -0.2) is 23.3 Å². The Morgan fingerprint density at radius 1 is 0.621 bits per heavy atom. The number of carbonyl (C=O) groups excluding carboxylic acids is 2. The van der Waals surface area contributed by atoms with E-state index in [1.807, 2.05) is 12.1 Å². The predicted octanol–water partition coefficient (Wildman–Crippen LogP) is 6.57. The molecule has 0 fully saturated rings. The first kappa shape index (κ1) is 19.6. The Bertz CT molecular complexity index is 1030.